The van der Waals surface area contributed by atoms with Gasteiger partial charge in [0.2, 0.25) is 5.91 Å². The van der Waals surface area contributed by atoms with Crippen LogP contribution in [-0.2, 0) is 4.79 Å². The number of thioether (sulfide) groups is 1. The van der Waals surface area contributed by atoms with E-state index in [1.165, 1.54) is 18.0 Å². The third kappa shape index (κ3) is 3.89. The van der Waals surface area contributed by atoms with E-state index in [-0.39, 0.29) is 11.8 Å². The highest BCUT2D eigenvalue weighted by Crippen LogP contribution is 2.31. The third-order valence-electron chi connectivity index (χ3n) is 5.46. The molecule has 5 rings (SSSR count). The average molecular weight is 452 g/mol. The molecule has 1 aliphatic heterocycles. The van der Waals surface area contributed by atoms with E-state index in [0.717, 1.165) is 16.5 Å². The van der Waals surface area contributed by atoms with Gasteiger partial charge in [0.05, 0.1) is 17.1 Å². The number of carbonyl (C=O) groups is 2. The predicted molar refractivity (Wildman–Crippen MR) is 118 cm³/mol. The number of aromatic nitrogens is 3. The molecule has 1 atom stereocenters. The van der Waals surface area contributed by atoms with Crippen LogP contribution in [0.5, 0.6) is 0 Å². The molecule has 0 aliphatic carbocycles. The minimum absolute atomic E-state index is 0.0214. The first-order chi connectivity index (χ1) is 15.6. The Morgan fingerprint density at radius 2 is 1.84 bits per heavy atom. The molecule has 1 N–H and O–H groups in total. The van der Waals surface area contributed by atoms with Gasteiger partial charge < -0.3 is 23.6 Å². The summed E-state index contributed by atoms with van der Waals surface area (Å²) in [6.45, 7) is 3.70. The van der Waals surface area contributed by atoms with E-state index < -0.39 is 5.25 Å². The molecule has 1 saturated heterocycles. The van der Waals surface area contributed by atoms with Crippen LogP contribution in [-0.4, -0.2) is 68.2 Å². The molecule has 2 amide bonds. The first-order valence-corrected chi connectivity index (χ1v) is 11.2. The zero-order valence-electron chi connectivity index (χ0n) is 17.4. The molecule has 1 unspecified atom stereocenters. The zero-order chi connectivity index (χ0) is 22.1. The maximum atomic E-state index is 12.9. The first kappa shape index (κ1) is 20.4. The van der Waals surface area contributed by atoms with Crippen LogP contribution in [0.2, 0.25) is 0 Å². The van der Waals surface area contributed by atoms with Gasteiger partial charge in [-0.3, -0.25) is 9.59 Å². The smallest absolute Gasteiger partial charge is 0.289 e. The maximum absolute atomic E-state index is 12.9. The van der Waals surface area contributed by atoms with E-state index in [0.29, 0.717) is 43.1 Å². The summed E-state index contributed by atoms with van der Waals surface area (Å²) in [6, 6.07) is 11.2. The molecule has 0 saturated carbocycles. The molecule has 1 aliphatic rings. The van der Waals surface area contributed by atoms with Gasteiger partial charge in [-0.25, -0.2) is 0 Å². The summed E-state index contributed by atoms with van der Waals surface area (Å²) < 4.78 is 11.0. The summed E-state index contributed by atoms with van der Waals surface area (Å²) in [6.07, 6.45) is 3.32. The highest BCUT2D eigenvalue weighted by Gasteiger charge is 2.29. The van der Waals surface area contributed by atoms with Crippen LogP contribution in [0.1, 0.15) is 17.5 Å². The predicted octanol–water partition coefficient (Wildman–Crippen LogP) is 3.28. The normalized spacial score (nSPS) is 15.3. The van der Waals surface area contributed by atoms with Crippen molar-refractivity contribution < 1.29 is 18.4 Å². The van der Waals surface area contributed by atoms with Gasteiger partial charge in [-0.2, -0.15) is 0 Å². The van der Waals surface area contributed by atoms with Crippen molar-refractivity contribution in [1.29, 1.82) is 0 Å². The Hall–Kier alpha value is -3.53. The lowest BCUT2D eigenvalue weighted by atomic mass is 10.2. The summed E-state index contributed by atoms with van der Waals surface area (Å²) >= 11 is 1.24. The molecule has 4 heterocycles. The largest absolute Gasteiger partial charge is 0.459 e. The van der Waals surface area contributed by atoms with Crippen molar-refractivity contribution in [2.45, 2.75) is 17.4 Å². The van der Waals surface area contributed by atoms with E-state index >= 15 is 0 Å². The second-order valence-electron chi connectivity index (χ2n) is 7.48. The minimum atomic E-state index is -0.390. The number of benzene rings is 1. The van der Waals surface area contributed by atoms with Crippen molar-refractivity contribution >= 4 is 34.5 Å². The van der Waals surface area contributed by atoms with Crippen molar-refractivity contribution in [3.63, 3.8) is 0 Å². The standard InChI is InChI=1S/C22H21N5O4S/c1-14(20(28)26-8-10-27(11-9-26)21(29)18-7-4-12-30-18)32-22-25-24-19(31-22)16-13-23-17-6-3-2-5-15(16)17/h2-7,12-14,23H,8-11H2,1H3. The van der Waals surface area contributed by atoms with Crippen LogP contribution in [0.15, 0.2) is 62.9 Å². The highest BCUT2D eigenvalue weighted by atomic mass is 32.2. The summed E-state index contributed by atoms with van der Waals surface area (Å²) in [5, 5.41) is 9.21. The number of para-hydroxylation sites is 1. The number of rotatable bonds is 5. The quantitative estimate of drug-likeness (QED) is 0.464. The lowest BCUT2D eigenvalue weighted by molar-refractivity contribution is -0.131. The van der Waals surface area contributed by atoms with E-state index in [1.807, 2.05) is 37.4 Å². The summed E-state index contributed by atoms with van der Waals surface area (Å²) in [5.74, 6) is 0.554. The second-order valence-corrected chi connectivity index (χ2v) is 8.77. The number of carbonyl (C=O) groups excluding carboxylic acids is 2. The maximum Gasteiger partial charge on any atom is 0.289 e. The van der Waals surface area contributed by atoms with Crippen LogP contribution in [0.25, 0.3) is 22.4 Å². The van der Waals surface area contributed by atoms with Crippen LogP contribution in [0.4, 0.5) is 0 Å². The Bertz CT molecular complexity index is 1240. The van der Waals surface area contributed by atoms with Crippen molar-refractivity contribution in [2.75, 3.05) is 26.2 Å². The van der Waals surface area contributed by atoms with Crippen LogP contribution >= 0.6 is 11.8 Å². The number of hydrogen-bond acceptors (Lipinski definition) is 7. The number of furan rings is 1. The fraction of sp³-hybridized carbons (Fsp3) is 0.273. The van der Waals surface area contributed by atoms with Crippen LogP contribution < -0.4 is 0 Å². The topological polar surface area (TPSA) is 108 Å². The van der Waals surface area contributed by atoms with Crippen LogP contribution in [0, 0.1) is 0 Å². The molecule has 10 heteroatoms. The Kier molecular flexibility index (Phi) is 5.44. The SMILES string of the molecule is CC(Sc1nnc(-c2c[nH]c3ccccc23)o1)C(=O)N1CCN(C(=O)c2ccco2)CC1. The Morgan fingerprint density at radius 1 is 1.06 bits per heavy atom. The summed E-state index contributed by atoms with van der Waals surface area (Å²) in [7, 11) is 0. The molecule has 0 radical (unpaired) electrons. The Balaban J connectivity index is 1.19. The monoisotopic (exact) mass is 451 g/mol. The van der Waals surface area contributed by atoms with Gasteiger partial charge in [0.1, 0.15) is 0 Å². The number of fused-ring (bicyclic) bond motifs is 1. The number of H-pyrrole nitrogens is 1. The van der Waals surface area contributed by atoms with Crippen molar-refractivity contribution in [3.05, 3.63) is 54.6 Å². The van der Waals surface area contributed by atoms with E-state index in [9.17, 15) is 9.59 Å². The number of nitrogens with zero attached hydrogens (tertiary/aromatic N) is 4. The molecule has 1 aromatic carbocycles. The van der Waals surface area contributed by atoms with Gasteiger partial charge in [0, 0.05) is 43.3 Å². The number of aromatic amines is 1. The van der Waals surface area contributed by atoms with Gasteiger partial charge in [-0.15, -0.1) is 10.2 Å². The summed E-state index contributed by atoms with van der Waals surface area (Å²) in [5.41, 5.74) is 1.82. The van der Waals surface area contributed by atoms with Crippen LogP contribution in [0.3, 0.4) is 0 Å². The third-order valence-corrected chi connectivity index (χ3v) is 6.38. The van der Waals surface area contributed by atoms with E-state index in [2.05, 4.69) is 15.2 Å². The Labute approximate surface area is 187 Å². The first-order valence-electron chi connectivity index (χ1n) is 10.3. The lowest BCUT2D eigenvalue weighted by Gasteiger charge is -2.35. The van der Waals surface area contributed by atoms with Gasteiger partial charge >= 0.3 is 0 Å². The van der Waals surface area contributed by atoms with Gasteiger partial charge in [0.25, 0.3) is 17.0 Å². The molecule has 32 heavy (non-hydrogen) atoms. The van der Waals surface area contributed by atoms with Gasteiger partial charge in [0.15, 0.2) is 5.76 Å². The van der Waals surface area contributed by atoms with E-state index in [1.54, 1.807) is 21.9 Å². The van der Waals surface area contributed by atoms with Crippen molar-refractivity contribution in [1.82, 2.24) is 25.0 Å². The summed E-state index contributed by atoms with van der Waals surface area (Å²) in [4.78, 5) is 31.9. The van der Waals surface area contributed by atoms with Gasteiger partial charge in [-0.1, -0.05) is 30.0 Å². The molecule has 0 bridgehead atoms. The molecular weight excluding hydrogens is 430 g/mol. The number of piperazine rings is 1. The van der Waals surface area contributed by atoms with Gasteiger partial charge in [-0.05, 0) is 25.1 Å². The molecular formula is C22H21N5O4S. The average Bonchev–Trinajstić information content (AvgIpc) is 3.58. The molecule has 0 spiro atoms. The molecule has 1 fully saturated rings. The van der Waals surface area contributed by atoms with Crippen molar-refractivity contribution in [3.8, 4) is 11.5 Å². The molecule has 3 aromatic heterocycles. The molecule has 164 valence electrons. The Morgan fingerprint density at radius 3 is 2.62 bits per heavy atom. The number of nitrogens with one attached hydrogen (secondary N) is 1. The van der Waals surface area contributed by atoms with Crippen molar-refractivity contribution in [2.24, 2.45) is 0 Å². The minimum Gasteiger partial charge on any atom is -0.459 e. The lowest BCUT2D eigenvalue weighted by Crippen LogP contribution is -2.52. The zero-order valence-corrected chi connectivity index (χ0v) is 18.2. The fourth-order valence-electron chi connectivity index (χ4n) is 3.76. The molecule has 9 nitrogen and oxygen atoms in total. The second kappa shape index (κ2) is 8.54. The number of hydrogen-bond donors (Lipinski definition) is 1. The highest BCUT2D eigenvalue weighted by molar-refractivity contribution is 8.00. The fourth-order valence-corrected chi connectivity index (χ4v) is 4.53. The van der Waals surface area contributed by atoms with E-state index in [4.69, 9.17) is 8.83 Å². The molecule has 4 aromatic rings. The number of amides is 2.